The molecule has 2 aromatic rings. The van der Waals surface area contributed by atoms with Crippen LogP contribution in [-0.2, 0) is 11.3 Å². The molecule has 3 N–H and O–H groups in total. The second-order valence-electron chi connectivity index (χ2n) is 6.50. The Morgan fingerprint density at radius 2 is 1.81 bits per heavy atom. The maximum atomic E-state index is 11.8. The first-order valence-corrected chi connectivity index (χ1v) is 8.59. The number of aromatic carboxylic acids is 1. The number of carboxylic acid groups (broad SMARTS) is 1. The Morgan fingerprint density at radius 3 is 2.50 bits per heavy atom. The lowest BCUT2D eigenvalue weighted by Gasteiger charge is -2.37. The molecule has 0 saturated heterocycles. The first kappa shape index (κ1) is 17.8. The Labute approximate surface area is 152 Å². The zero-order chi connectivity index (χ0) is 18.5. The van der Waals surface area contributed by atoms with E-state index in [1.54, 1.807) is 19.1 Å². The number of hydrogen-bond acceptors (Lipinski definition) is 4. The maximum Gasteiger partial charge on any atom is 0.407 e. The number of carbonyl (C=O) groups excluding carboxylic acids is 1. The van der Waals surface area contributed by atoms with Crippen LogP contribution in [0.4, 0.5) is 10.5 Å². The Bertz CT molecular complexity index is 786. The quantitative estimate of drug-likeness (QED) is 0.738. The Morgan fingerprint density at radius 1 is 1.08 bits per heavy atom. The van der Waals surface area contributed by atoms with Gasteiger partial charge < -0.3 is 20.5 Å². The van der Waals surface area contributed by atoms with Gasteiger partial charge in [-0.3, -0.25) is 0 Å². The van der Waals surface area contributed by atoms with E-state index in [-0.39, 0.29) is 18.7 Å². The summed E-state index contributed by atoms with van der Waals surface area (Å²) in [4.78, 5) is 23.0. The minimum absolute atomic E-state index is 0.0683. The van der Waals surface area contributed by atoms with E-state index in [1.165, 1.54) is 0 Å². The summed E-state index contributed by atoms with van der Waals surface area (Å²) in [5.41, 5.74) is 2.79. The molecule has 0 radical (unpaired) electrons. The minimum atomic E-state index is -0.930. The highest BCUT2D eigenvalue weighted by atomic mass is 16.5. The monoisotopic (exact) mass is 354 g/mol. The molecule has 3 rings (SSSR count). The molecular weight excluding hydrogens is 332 g/mol. The second kappa shape index (κ2) is 7.91. The Kier molecular flexibility index (Phi) is 5.41. The van der Waals surface area contributed by atoms with E-state index < -0.39 is 12.1 Å². The molecule has 0 bridgehead atoms. The molecular formula is C20H22N2O4. The van der Waals surface area contributed by atoms with Crippen LogP contribution in [0.3, 0.4) is 0 Å². The summed E-state index contributed by atoms with van der Waals surface area (Å²) in [5.74, 6) is -0.930. The van der Waals surface area contributed by atoms with Crippen LogP contribution in [0.15, 0.2) is 48.5 Å². The number of hydrogen-bond donors (Lipinski definition) is 3. The van der Waals surface area contributed by atoms with Crippen LogP contribution >= 0.6 is 0 Å². The molecule has 0 unspecified atom stereocenters. The van der Waals surface area contributed by atoms with Crippen molar-refractivity contribution in [2.24, 2.45) is 0 Å². The average Bonchev–Trinajstić information content (AvgIpc) is 2.60. The summed E-state index contributed by atoms with van der Waals surface area (Å²) >= 11 is 0. The zero-order valence-corrected chi connectivity index (χ0v) is 14.6. The van der Waals surface area contributed by atoms with Crippen molar-refractivity contribution < 1.29 is 19.4 Å². The summed E-state index contributed by atoms with van der Waals surface area (Å²) in [7, 11) is 0. The summed E-state index contributed by atoms with van der Waals surface area (Å²) in [6.07, 6.45) is 1.13. The molecule has 1 fully saturated rings. The molecule has 1 aliphatic rings. The van der Waals surface area contributed by atoms with Crippen molar-refractivity contribution in [3.63, 3.8) is 0 Å². The highest BCUT2D eigenvalue weighted by Crippen LogP contribution is 2.27. The van der Waals surface area contributed by atoms with Gasteiger partial charge in [0.05, 0.1) is 5.56 Å². The van der Waals surface area contributed by atoms with Crippen LogP contribution in [0.5, 0.6) is 0 Å². The van der Waals surface area contributed by atoms with E-state index >= 15 is 0 Å². The smallest absolute Gasteiger partial charge is 0.407 e. The van der Waals surface area contributed by atoms with Crippen LogP contribution in [-0.4, -0.2) is 29.3 Å². The van der Waals surface area contributed by atoms with Crippen molar-refractivity contribution >= 4 is 17.7 Å². The van der Waals surface area contributed by atoms with Gasteiger partial charge in [-0.2, -0.15) is 0 Å². The van der Waals surface area contributed by atoms with E-state index in [1.807, 2.05) is 36.4 Å². The lowest BCUT2D eigenvalue weighted by molar-refractivity contribution is 0.0696. The molecule has 0 aliphatic heterocycles. The van der Waals surface area contributed by atoms with Gasteiger partial charge in [0, 0.05) is 17.8 Å². The highest BCUT2D eigenvalue weighted by molar-refractivity contribution is 5.91. The third-order valence-corrected chi connectivity index (χ3v) is 4.60. The lowest BCUT2D eigenvalue weighted by Crippen LogP contribution is -2.49. The molecule has 136 valence electrons. The molecule has 6 heteroatoms. The van der Waals surface area contributed by atoms with Crippen LogP contribution in [0, 0.1) is 6.92 Å². The van der Waals surface area contributed by atoms with Crippen LogP contribution in [0.2, 0.25) is 0 Å². The predicted octanol–water partition coefficient (Wildman–Crippen LogP) is 3.56. The van der Waals surface area contributed by atoms with E-state index in [0.29, 0.717) is 5.56 Å². The van der Waals surface area contributed by atoms with Gasteiger partial charge in [-0.25, -0.2) is 9.59 Å². The SMILES string of the molecule is Cc1c(NC2CC(NC(=O)OCc3ccccc3)C2)cccc1C(=O)O. The van der Waals surface area contributed by atoms with Gasteiger partial charge in [0.1, 0.15) is 6.61 Å². The number of carboxylic acids is 1. The number of anilines is 1. The van der Waals surface area contributed by atoms with Crippen molar-refractivity contribution in [2.45, 2.75) is 38.5 Å². The molecule has 0 spiro atoms. The van der Waals surface area contributed by atoms with E-state index in [0.717, 1.165) is 29.7 Å². The van der Waals surface area contributed by atoms with Gasteiger partial charge in [0.25, 0.3) is 0 Å². The fourth-order valence-corrected chi connectivity index (χ4v) is 3.03. The normalized spacial score (nSPS) is 18.5. The summed E-state index contributed by atoms with van der Waals surface area (Å²) in [6, 6.07) is 15.0. The van der Waals surface area contributed by atoms with E-state index in [9.17, 15) is 14.7 Å². The molecule has 26 heavy (non-hydrogen) atoms. The van der Waals surface area contributed by atoms with E-state index in [2.05, 4.69) is 10.6 Å². The van der Waals surface area contributed by atoms with Gasteiger partial charge in [0.15, 0.2) is 0 Å². The summed E-state index contributed by atoms with van der Waals surface area (Å²) < 4.78 is 5.21. The zero-order valence-electron chi connectivity index (χ0n) is 14.6. The topological polar surface area (TPSA) is 87.7 Å². The molecule has 1 saturated carbocycles. The molecule has 1 aliphatic carbocycles. The Hall–Kier alpha value is -3.02. The highest BCUT2D eigenvalue weighted by Gasteiger charge is 2.31. The van der Waals surface area contributed by atoms with Gasteiger partial charge in [-0.1, -0.05) is 36.4 Å². The van der Waals surface area contributed by atoms with Crippen molar-refractivity contribution in [3.05, 3.63) is 65.2 Å². The van der Waals surface area contributed by atoms with Crippen LogP contribution in [0.25, 0.3) is 0 Å². The van der Waals surface area contributed by atoms with Gasteiger partial charge in [-0.05, 0) is 43.0 Å². The molecule has 6 nitrogen and oxygen atoms in total. The van der Waals surface area contributed by atoms with E-state index in [4.69, 9.17) is 4.74 Å². The van der Waals surface area contributed by atoms with Gasteiger partial charge >= 0.3 is 12.1 Å². The van der Waals surface area contributed by atoms with Crippen molar-refractivity contribution in [1.29, 1.82) is 0 Å². The summed E-state index contributed by atoms with van der Waals surface area (Å²) in [5, 5.41) is 15.4. The largest absolute Gasteiger partial charge is 0.478 e. The molecule has 0 heterocycles. The number of ether oxygens (including phenoxy) is 1. The standard InChI is InChI=1S/C20H22N2O4/c1-13-17(19(23)24)8-5-9-18(13)21-15-10-16(11-15)22-20(25)26-12-14-6-3-2-4-7-14/h2-9,15-16,21H,10-12H2,1H3,(H,22,25)(H,23,24). The minimum Gasteiger partial charge on any atom is -0.478 e. The Balaban J connectivity index is 1.43. The van der Waals surface area contributed by atoms with Crippen LogP contribution in [0.1, 0.15) is 34.3 Å². The maximum absolute atomic E-state index is 11.8. The number of amides is 1. The van der Waals surface area contributed by atoms with Crippen molar-refractivity contribution in [3.8, 4) is 0 Å². The molecule has 0 aromatic heterocycles. The van der Waals surface area contributed by atoms with Gasteiger partial charge in [-0.15, -0.1) is 0 Å². The molecule has 2 aromatic carbocycles. The fourth-order valence-electron chi connectivity index (χ4n) is 3.03. The van der Waals surface area contributed by atoms with Crippen LogP contribution < -0.4 is 10.6 Å². The number of carbonyl (C=O) groups is 2. The fraction of sp³-hybridized carbons (Fsp3) is 0.300. The second-order valence-corrected chi connectivity index (χ2v) is 6.50. The number of rotatable bonds is 6. The van der Waals surface area contributed by atoms with Crippen molar-refractivity contribution in [2.75, 3.05) is 5.32 Å². The average molecular weight is 354 g/mol. The lowest BCUT2D eigenvalue weighted by atomic mass is 9.86. The number of benzene rings is 2. The first-order valence-electron chi connectivity index (χ1n) is 8.59. The molecule has 0 atom stereocenters. The predicted molar refractivity (Wildman–Crippen MR) is 98.3 cm³/mol. The van der Waals surface area contributed by atoms with Crippen molar-refractivity contribution in [1.82, 2.24) is 5.32 Å². The summed E-state index contributed by atoms with van der Waals surface area (Å²) in [6.45, 7) is 2.05. The number of alkyl carbamates (subject to hydrolysis) is 1. The third kappa shape index (κ3) is 4.33. The number of nitrogens with one attached hydrogen (secondary N) is 2. The third-order valence-electron chi connectivity index (χ3n) is 4.60. The first-order chi connectivity index (χ1) is 12.5. The molecule has 1 amide bonds. The van der Waals surface area contributed by atoms with Gasteiger partial charge in [0.2, 0.25) is 0 Å².